The van der Waals surface area contributed by atoms with Crippen LogP contribution in [0.1, 0.15) is 37.3 Å². The summed E-state index contributed by atoms with van der Waals surface area (Å²) in [5, 5.41) is 13.1. The molecule has 0 saturated carbocycles. The molecule has 0 radical (unpaired) electrons. The van der Waals surface area contributed by atoms with Gasteiger partial charge in [-0.1, -0.05) is 24.3 Å². The Bertz CT molecular complexity index is 413. The van der Waals surface area contributed by atoms with E-state index in [1.54, 1.807) is 0 Å². The van der Waals surface area contributed by atoms with Crippen LogP contribution in [0.3, 0.4) is 0 Å². The lowest BCUT2D eigenvalue weighted by Gasteiger charge is -2.29. The molecule has 1 fully saturated rings. The summed E-state index contributed by atoms with van der Waals surface area (Å²) in [5.41, 5.74) is 2.83. The number of hydrogen-bond acceptors (Lipinski definition) is 3. The van der Waals surface area contributed by atoms with Gasteiger partial charge in [0.25, 0.3) is 0 Å². The van der Waals surface area contributed by atoms with Gasteiger partial charge < -0.3 is 15.3 Å². The molecule has 1 aliphatic rings. The molecule has 0 amide bonds. The number of rotatable bonds is 7. The lowest BCUT2D eigenvalue weighted by molar-refractivity contribution is 0.0820. The Hall–Kier alpha value is -0.900. The predicted octanol–water partition coefficient (Wildman–Crippen LogP) is 2.36. The molecule has 21 heavy (non-hydrogen) atoms. The van der Waals surface area contributed by atoms with E-state index in [-0.39, 0.29) is 6.10 Å². The van der Waals surface area contributed by atoms with Crippen LogP contribution in [-0.4, -0.2) is 48.3 Å². The summed E-state index contributed by atoms with van der Waals surface area (Å²) in [7, 11) is 0. The molecule has 0 bridgehead atoms. The van der Waals surface area contributed by atoms with Crippen molar-refractivity contribution in [3.63, 3.8) is 0 Å². The molecule has 0 aliphatic carbocycles. The molecule has 1 aromatic carbocycles. The summed E-state index contributed by atoms with van der Waals surface area (Å²) in [6, 6.07) is 9.17. The molecule has 1 atom stereocenters. The van der Waals surface area contributed by atoms with Gasteiger partial charge >= 0.3 is 0 Å². The number of likely N-dealkylation sites (tertiary alicyclic amines) is 1. The number of aliphatic hydroxyl groups excluding tert-OH is 1. The van der Waals surface area contributed by atoms with Gasteiger partial charge in [0, 0.05) is 19.1 Å². The first-order chi connectivity index (χ1) is 10.1. The van der Waals surface area contributed by atoms with Crippen molar-refractivity contribution in [2.75, 3.05) is 26.2 Å². The van der Waals surface area contributed by atoms with E-state index in [1.165, 1.54) is 17.5 Å². The number of aryl methyl sites for hydroxylation is 1. The van der Waals surface area contributed by atoms with Crippen molar-refractivity contribution in [1.82, 2.24) is 10.2 Å². The Kier molecular flexibility index (Phi) is 6.68. The number of aliphatic hydroxyl groups is 1. The standard InChI is InChI=1S/C18H30N2O/c1-15-6-3-4-7-17(15)14-16(2)19-10-5-11-20-12-8-18(21)9-13-20/h3-4,6-7,16,18-19,21H,5,8-14H2,1-2H3. The molecule has 0 aromatic heterocycles. The Labute approximate surface area is 129 Å². The van der Waals surface area contributed by atoms with Gasteiger partial charge in [0.05, 0.1) is 6.10 Å². The first-order valence-electron chi connectivity index (χ1n) is 8.33. The zero-order valence-electron chi connectivity index (χ0n) is 13.5. The Morgan fingerprint density at radius 1 is 1.29 bits per heavy atom. The van der Waals surface area contributed by atoms with Gasteiger partial charge in [0.1, 0.15) is 0 Å². The van der Waals surface area contributed by atoms with Crippen LogP contribution in [0.5, 0.6) is 0 Å². The van der Waals surface area contributed by atoms with Gasteiger partial charge in [-0.15, -0.1) is 0 Å². The van der Waals surface area contributed by atoms with Gasteiger partial charge in [-0.2, -0.15) is 0 Å². The fourth-order valence-electron chi connectivity index (χ4n) is 3.04. The Morgan fingerprint density at radius 2 is 2.00 bits per heavy atom. The van der Waals surface area contributed by atoms with Crippen LogP contribution >= 0.6 is 0 Å². The zero-order valence-corrected chi connectivity index (χ0v) is 13.5. The van der Waals surface area contributed by atoms with Crippen LogP contribution in [-0.2, 0) is 6.42 Å². The van der Waals surface area contributed by atoms with E-state index < -0.39 is 0 Å². The minimum atomic E-state index is -0.0616. The molecule has 0 spiro atoms. The largest absolute Gasteiger partial charge is 0.393 e. The highest BCUT2D eigenvalue weighted by molar-refractivity contribution is 5.26. The first kappa shape index (κ1) is 16.5. The third-order valence-corrected chi connectivity index (χ3v) is 4.49. The molecule has 1 saturated heterocycles. The van der Waals surface area contributed by atoms with E-state index in [0.29, 0.717) is 6.04 Å². The Balaban J connectivity index is 1.59. The van der Waals surface area contributed by atoms with Crippen LogP contribution in [0.2, 0.25) is 0 Å². The maximum atomic E-state index is 9.49. The number of piperidine rings is 1. The molecule has 118 valence electrons. The zero-order chi connectivity index (χ0) is 15.1. The van der Waals surface area contributed by atoms with Crippen molar-refractivity contribution in [1.29, 1.82) is 0 Å². The minimum absolute atomic E-state index is 0.0616. The smallest absolute Gasteiger partial charge is 0.0564 e. The molecule has 1 heterocycles. The van der Waals surface area contributed by atoms with Crippen LogP contribution in [0.25, 0.3) is 0 Å². The monoisotopic (exact) mass is 290 g/mol. The van der Waals surface area contributed by atoms with Crippen molar-refractivity contribution in [2.24, 2.45) is 0 Å². The first-order valence-corrected chi connectivity index (χ1v) is 8.33. The summed E-state index contributed by atoms with van der Waals surface area (Å²) in [4.78, 5) is 2.47. The summed E-state index contributed by atoms with van der Waals surface area (Å²) in [6.07, 6.45) is 4.11. The van der Waals surface area contributed by atoms with Crippen LogP contribution in [0.4, 0.5) is 0 Å². The number of nitrogens with zero attached hydrogens (tertiary/aromatic N) is 1. The van der Waals surface area contributed by atoms with Gasteiger partial charge in [-0.25, -0.2) is 0 Å². The molecule has 1 unspecified atom stereocenters. The van der Waals surface area contributed by atoms with E-state index in [2.05, 4.69) is 48.3 Å². The highest BCUT2D eigenvalue weighted by atomic mass is 16.3. The third-order valence-electron chi connectivity index (χ3n) is 4.49. The highest BCUT2D eigenvalue weighted by Gasteiger charge is 2.16. The van der Waals surface area contributed by atoms with Crippen molar-refractivity contribution in [3.8, 4) is 0 Å². The van der Waals surface area contributed by atoms with Gasteiger partial charge in [-0.05, 0) is 63.7 Å². The maximum Gasteiger partial charge on any atom is 0.0564 e. The van der Waals surface area contributed by atoms with Crippen molar-refractivity contribution in [2.45, 2.75) is 51.7 Å². The summed E-state index contributed by atoms with van der Waals surface area (Å²) < 4.78 is 0. The van der Waals surface area contributed by atoms with Crippen molar-refractivity contribution in [3.05, 3.63) is 35.4 Å². The van der Waals surface area contributed by atoms with Crippen molar-refractivity contribution >= 4 is 0 Å². The van der Waals surface area contributed by atoms with Crippen molar-refractivity contribution < 1.29 is 5.11 Å². The fraction of sp³-hybridized carbons (Fsp3) is 0.667. The molecular weight excluding hydrogens is 260 g/mol. The lowest BCUT2D eigenvalue weighted by Crippen LogP contribution is -2.38. The van der Waals surface area contributed by atoms with E-state index in [0.717, 1.165) is 45.4 Å². The third kappa shape index (κ3) is 5.77. The summed E-state index contributed by atoms with van der Waals surface area (Å²) in [5.74, 6) is 0. The molecule has 1 aliphatic heterocycles. The number of hydrogen-bond donors (Lipinski definition) is 2. The second-order valence-electron chi connectivity index (χ2n) is 6.41. The van der Waals surface area contributed by atoms with Gasteiger partial charge in [-0.3, -0.25) is 0 Å². The van der Waals surface area contributed by atoms with E-state index in [9.17, 15) is 5.11 Å². The van der Waals surface area contributed by atoms with E-state index in [1.807, 2.05) is 0 Å². The normalized spacial score (nSPS) is 18.8. The number of benzene rings is 1. The average molecular weight is 290 g/mol. The summed E-state index contributed by atoms with van der Waals surface area (Å²) >= 11 is 0. The highest BCUT2D eigenvalue weighted by Crippen LogP contribution is 2.11. The second-order valence-corrected chi connectivity index (χ2v) is 6.41. The molecular formula is C18H30N2O. The fourth-order valence-corrected chi connectivity index (χ4v) is 3.04. The van der Waals surface area contributed by atoms with Gasteiger partial charge in [0.2, 0.25) is 0 Å². The topological polar surface area (TPSA) is 35.5 Å². The van der Waals surface area contributed by atoms with Gasteiger partial charge in [0.15, 0.2) is 0 Å². The van der Waals surface area contributed by atoms with E-state index >= 15 is 0 Å². The molecule has 3 heteroatoms. The molecule has 3 nitrogen and oxygen atoms in total. The molecule has 2 N–H and O–H groups in total. The molecule has 2 rings (SSSR count). The average Bonchev–Trinajstić information content (AvgIpc) is 2.48. The lowest BCUT2D eigenvalue weighted by atomic mass is 10.0. The second kappa shape index (κ2) is 8.52. The summed E-state index contributed by atoms with van der Waals surface area (Å²) in [6.45, 7) is 8.79. The quantitative estimate of drug-likeness (QED) is 0.757. The minimum Gasteiger partial charge on any atom is -0.393 e. The van der Waals surface area contributed by atoms with Crippen LogP contribution in [0.15, 0.2) is 24.3 Å². The SMILES string of the molecule is Cc1ccccc1CC(C)NCCCN1CCC(O)CC1. The Morgan fingerprint density at radius 3 is 2.71 bits per heavy atom. The maximum absolute atomic E-state index is 9.49. The predicted molar refractivity (Wildman–Crippen MR) is 88.6 cm³/mol. The van der Waals surface area contributed by atoms with Crippen LogP contribution < -0.4 is 5.32 Å². The van der Waals surface area contributed by atoms with Crippen LogP contribution in [0, 0.1) is 6.92 Å². The molecule has 1 aromatic rings. The van der Waals surface area contributed by atoms with E-state index in [4.69, 9.17) is 0 Å². The number of nitrogens with one attached hydrogen (secondary N) is 1.